The third kappa shape index (κ3) is 22.7. The first-order valence-corrected chi connectivity index (χ1v) is 28.0. The third-order valence-electron chi connectivity index (χ3n) is 11.2. The highest BCUT2D eigenvalue weighted by Crippen LogP contribution is 2.25. The Bertz CT molecular complexity index is 4860. The highest BCUT2D eigenvalue weighted by molar-refractivity contribution is 6.29. The van der Waals surface area contributed by atoms with Gasteiger partial charge in [0.25, 0.3) is 11.4 Å². The summed E-state index contributed by atoms with van der Waals surface area (Å²) in [5.74, 6) is 0.284. The number of oxazole rings is 5. The molecule has 0 spiro atoms. The average Bonchev–Trinajstić information content (AvgIpc) is 1.71. The number of nitrogens with one attached hydrogen (secondary N) is 2. The molecule has 14 rings (SSSR count). The van der Waals surface area contributed by atoms with Crippen molar-refractivity contribution in [1.82, 2.24) is 85.4 Å². The Morgan fingerprint density at radius 2 is 0.880 bits per heavy atom. The van der Waals surface area contributed by atoms with Crippen LogP contribution in [0.1, 0.15) is 27.6 Å². The summed E-state index contributed by atoms with van der Waals surface area (Å²) in [4.78, 5) is 51.7. The number of oxime groups is 1. The molecule has 0 amide bonds. The van der Waals surface area contributed by atoms with Crippen LogP contribution in [0.15, 0.2) is 211 Å². The molecule has 0 aliphatic heterocycles. The van der Waals surface area contributed by atoms with Gasteiger partial charge in [-0.3, -0.25) is 20.4 Å². The molecule has 0 aliphatic rings. The maximum absolute atomic E-state index is 12.8. The predicted molar refractivity (Wildman–Crippen MR) is 337 cm³/mol. The number of anilines is 5. The molecule has 7 N–H and O–H groups in total. The van der Waals surface area contributed by atoms with Gasteiger partial charge < -0.3 is 38.8 Å². The smallest absolute Gasteiger partial charge is 0.300 e. The molecule has 0 aliphatic carbocycles. The van der Waals surface area contributed by atoms with Gasteiger partial charge in [0.1, 0.15) is 86.9 Å². The first-order chi connectivity index (χ1) is 48.4. The van der Waals surface area contributed by atoms with E-state index in [9.17, 15) is 31.1 Å². The Hall–Kier alpha value is -14.3. The number of hydrogen-bond donors (Lipinski definition) is 5. The van der Waals surface area contributed by atoms with Crippen molar-refractivity contribution in [3.05, 3.63) is 252 Å². The number of nitrogens with two attached hydrogens (primary N) is 2. The molecule has 0 unspecified atom stereocenters. The molecule has 0 atom stereocenters. The Morgan fingerprint density at radius 1 is 0.460 bits per heavy atom. The van der Waals surface area contributed by atoms with Gasteiger partial charge in [-0.05, 0) is 121 Å². The van der Waals surface area contributed by atoms with Crippen LogP contribution in [0.5, 0.6) is 0 Å². The molecular weight excluding hydrogens is 1370 g/mol. The van der Waals surface area contributed by atoms with E-state index < -0.39 is 29.1 Å². The van der Waals surface area contributed by atoms with Crippen molar-refractivity contribution >= 4 is 65.0 Å². The van der Waals surface area contributed by atoms with Crippen molar-refractivity contribution in [2.45, 2.75) is 0 Å². The molecule has 14 heterocycles. The van der Waals surface area contributed by atoms with E-state index in [-0.39, 0.29) is 57.8 Å². The van der Waals surface area contributed by atoms with Gasteiger partial charge in [0.2, 0.25) is 0 Å². The number of nitrogens with zero attached hydrogens (tertiary/aromatic N) is 20. The van der Waals surface area contributed by atoms with Crippen molar-refractivity contribution in [3.63, 3.8) is 0 Å². The van der Waals surface area contributed by atoms with E-state index in [0.29, 0.717) is 80.3 Å². The quantitative estimate of drug-likeness (QED) is 0.0200. The summed E-state index contributed by atoms with van der Waals surface area (Å²) in [7, 11) is 0. The van der Waals surface area contributed by atoms with Crippen molar-refractivity contribution in [1.29, 1.82) is 10.5 Å². The fraction of sp³-hybridized carbons (Fsp3) is 0. The van der Waals surface area contributed by atoms with Gasteiger partial charge in [-0.15, -0.1) is 30.6 Å². The molecule has 14 aromatic heterocycles. The second kappa shape index (κ2) is 36.4. The maximum Gasteiger partial charge on any atom is 0.300 e. The van der Waals surface area contributed by atoms with Gasteiger partial charge in [0, 0.05) is 0 Å². The summed E-state index contributed by atoms with van der Waals surface area (Å²) in [6, 6.07) is 29.8. The maximum atomic E-state index is 12.8. The SMILES string of the molecule is Fc1ccc(-c2cnc(Cl)o2)nc1.Fc1ccc(-c2cnco2)nc1.N#Cc1ccc(Cl)nn1.N#Cc1ccc(Nc2ncc(-c3ccc(F)cn3)o2)nn1.N/C(=N\O)c1ccc(Nc2ncc(-c3ccc(F)cn3)o2)nn1.Nc1ncc(-c2ccc(F)cn2)o1.O=Cc1ccc(F)cn1. The Balaban J connectivity index is 0.000000153. The van der Waals surface area contributed by atoms with Gasteiger partial charge in [-0.25, -0.2) is 76.2 Å². The van der Waals surface area contributed by atoms with Crippen molar-refractivity contribution in [2.24, 2.45) is 10.9 Å². The minimum Gasteiger partial charge on any atom is -0.442 e. The molecule has 39 heteroatoms. The highest BCUT2D eigenvalue weighted by atomic mass is 35.5. The van der Waals surface area contributed by atoms with Gasteiger partial charge in [-0.2, -0.15) is 10.5 Å². The topological polar surface area (TPSA) is 458 Å². The van der Waals surface area contributed by atoms with E-state index in [2.05, 4.69) is 101 Å². The number of halogens is 8. The van der Waals surface area contributed by atoms with Crippen LogP contribution in [0.25, 0.3) is 57.3 Å². The van der Waals surface area contributed by atoms with Gasteiger partial charge in [-0.1, -0.05) is 16.8 Å². The highest BCUT2D eigenvalue weighted by Gasteiger charge is 2.13. The third-order valence-corrected chi connectivity index (χ3v) is 11.6. The lowest BCUT2D eigenvalue weighted by Crippen LogP contribution is -2.15. The van der Waals surface area contributed by atoms with E-state index in [1.165, 1.54) is 134 Å². The Labute approximate surface area is 565 Å². The van der Waals surface area contributed by atoms with E-state index in [4.69, 9.17) is 72.5 Å². The summed E-state index contributed by atoms with van der Waals surface area (Å²) in [6.45, 7) is 0. The molecule has 0 aromatic carbocycles. The fourth-order valence-electron chi connectivity index (χ4n) is 6.73. The van der Waals surface area contributed by atoms with E-state index >= 15 is 0 Å². The van der Waals surface area contributed by atoms with Crippen LogP contribution in [0, 0.1) is 57.6 Å². The second-order valence-corrected chi connectivity index (χ2v) is 18.8. The van der Waals surface area contributed by atoms with Crippen LogP contribution in [-0.2, 0) is 0 Å². The number of carbonyl (C=O) groups excluding carboxylic acids is 1. The Morgan fingerprint density at radius 3 is 1.22 bits per heavy atom. The summed E-state index contributed by atoms with van der Waals surface area (Å²) in [5.41, 5.74) is 14.1. The molecule has 0 saturated carbocycles. The van der Waals surface area contributed by atoms with Crippen LogP contribution in [0.3, 0.4) is 0 Å². The summed E-state index contributed by atoms with van der Waals surface area (Å²) in [5, 5.41) is 56.1. The van der Waals surface area contributed by atoms with Gasteiger partial charge >= 0.3 is 12.0 Å². The minimum absolute atomic E-state index is 0.0427. The number of nitriles is 2. The van der Waals surface area contributed by atoms with E-state index in [0.717, 1.165) is 37.2 Å². The second-order valence-electron chi connectivity index (χ2n) is 18.1. The van der Waals surface area contributed by atoms with Crippen LogP contribution in [-0.4, -0.2) is 103 Å². The normalized spacial score (nSPS) is 10.2. The zero-order valence-corrected chi connectivity index (χ0v) is 51.4. The van der Waals surface area contributed by atoms with E-state index in [1.54, 1.807) is 12.1 Å². The molecule has 100 heavy (non-hydrogen) atoms. The average molecular weight is 1400 g/mol. The van der Waals surface area contributed by atoms with Gasteiger partial charge in [0.05, 0.1) is 68.2 Å². The lowest BCUT2D eigenvalue weighted by molar-refractivity contribution is 0.111. The zero-order chi connectivity index (χ0) is 71.2. The predicted octanol–water partition coefficient (Wildman–Crippen LogP) is 11.7. The molecule has 500 valence electrons. The van der Waals surface area contributed by atoms with Crippen LogP contribution in [0.2, 0.25) is 10.5 Å². The molecule has 0 saturated heterocycles. The number of aromatic nitrogens is 17. The Kier molecular flexibility index (Phi) is 26.0. The molecule has 0 radical (unpaired) electrons. The molecule has 0 bridgehead atoms. The van der Waals surface area contributed by atoms with Crippen LogP contribution < -0.4 is 22.1 Å². The summed E-state index contributed by atoms with van der Waals surface area (Å²) < 4.78 is 101. The van der Waals surface area contributed by atoms with Crippen LogP contribution in [0.4, 0.5) is 56.0 Å². The zero-order valence-electron chi connectivity index (χ0n) is 49.9. The lowest BCUT2D eigenvalue weighted by Gasteiger charge is -2.01. The number of carbonyl (C=O) groups is 1. The number of hydrogen-bond acceptors (Lipinski definition) is 30. The van der Waals surface area contributed by atoms with E-state index in [1.807, 2.05) is 12.1 Å². The lowest BCUT2D eigenvalue weighted by atomic mass is 10.3. The molecule has 14 aromatic rings. The van der Waals surface area contributed by atoms with Crippen LogP contribution >= 0.6 is 23.2 Å². The number of pyridine rings is 6. The summed E-state index contributed by atoms with van der Waals surface area (Å²) in [6.07, 6.45) is 15.7. The number of aldehydes is 1. The van der Waals surface area contributed by atoms with Crippen molar-refractivity contribution < 1.29 is 58.4 Å². The molecule has 31 nitrogen and oxygen atoms in total. The first kappa shape index (κ1) is 71.5. The van der Waals surface area contributed by atoms with Crippen molar-refractivity contribution in [3.8, 4) is 69.4 Å². The summed E-state index contributed by atoms with van der Waals surface area (Å²) >= 11 is 10.8. The largest absolute Gasteiger partial charge is 0.442 e. The monoisotopic (exact) mass is 1400 g/mol. The fourth-order valence-corrected chi connectivity index (χ4v) is 6.96. The first-order valence-electron chi connectivity index (χ1n) is 27.2. The number of amidine groups is 1. The number of nitrogen functional groups attached to an aromatic ring is 1. The van der Waals surface area contributed by atoms with Crippen molar-refractivity contribution in [2.75, 3.05) is 16.4 Å². The minimum atomic E-state index is -0.437. The molecular formula is C61H38Cl2F6N24O7. The standard InChI is InChI=1S/C13H10FN7O2.C13H7FN6O.C8H4ClFN2O.C8H6FN3O.C8H5FN2O.C6H4FNO.C5H2ClN3/c14-7-1-2-8(16-5-7)10-6-17-13(23-10)18-11-4-3-9(19-20-11)12(15)21-22;14-8-1-3-10(16-6-8)11-7-17-13(21-11)18-12-4-2-9(5-15)19-20-12;9-8-12-4-7(13-8)6-2-1-5(10)3-11-6;9-5-1-2-6(11-3-5)7-4-12-8(10)13-7;9-6-1-2-7(11-3-6)8-4-10-5-12-8;7-5-1-2-6(4-9)8-3-5;6-5-2-1-4(3-7)8-9-5/h1-6,22H,(H2,15,21)(H,17,18,20);1-4,6-7H,(H,17,18,20);1-4H;1-4H,(H2,10,12);1-5H;1-4H;1-2H. The molecule has 0 fully saturated rings. The number of rotatable bonds is 11. The van der Waals surface area contributed by atoms with Gasteiger partial charge in [0.15, 0.2) is 75.5 Å².